The second kappa shape index (κ2) is 10.0. The highest BCUT2D eigenvalue weighted by Gasteiger charge is 2.37. The third-order valence-electron chi connectivity index (χ3n) is 5.34. The van der Waals surface area contributed by atoms with Crippen LogP contribution >= 0.6 is 24.2 Å². The molecule has 1 saturated heterocycles. The Labute approximate surface area is 181 Å². The lowest BCUT2D eigenvalue weighted by Gasteiger charge is -2.16. The predicted molar refractivity (Wildman–Crippen MR) is 120 cm³/mol. The molecular formula is C23H25ClN2O2S. The van der Waals surface area contributed by atoms with Crippen LogP contribution in [0.5, 0.6) is 0 Å². The summed E-state index contributed by atoms with van der Waals surface area (Å²) in [5.41, 5.74) is 8.20. The number of halogens is 1. The van der Waals surface area contributed by atoms with Gasteiger partial charge in [-0.15, -0.1) is 24.2 Å². The monoisotopic (exact) mass is 428 g/mol. The summed E-state index contributed by atoms with van der Waals surface area (Å²) in [6, 6.07) is 22.4. The molecule has 0 aliphatic carbocycles. The molecule has 2 aromatic carbocycles. The Morgan fingerprint density at radius 2 is 1.72 bits per heavy atom. The van der Waals surface area contributed by atoms with Crippen LogP contribution in [0, 0.1) is 5.92 Å². The molecule has 152 valence electrons. The van der Waals surface area contributed by atoms with Gasteiger partial charge in [0.15, 0.2) is 5.76 Å². The zero-order chi connectivity index (χ0) is 19.3. The van der Waals surface area contributed by atoms with Crippen LogP contribution < -0.4 is 5.73 Å². The molecule has 4 rings (SSSR count). The van der Waals surface area contributed by atoms with Crippen molar-refractivity contribution >= 4 is 30.1 Å². The summed E-state index contributed by atoms with van der Waals surface area (Å²) in [5.74, 6) is 1.66. The van der Waals surface area contributed by atoms with Gasteiger partial charge < -0.3 is 15.1 Å². The van der Waals surface area contributed by atoms with Crippen molar-refractivity contribution in [2.45, 2.75) is 16.6 Å². The molecule has 1 aliphatic heterocycles. The fourth-order valence-corrected chi connectivity index (χ4v) is 4.71. The first-order valence-corrected chi connectivity index (χ1v) is 10.5. The highest BCUT2D eigenvalue weighted by atomic mass is 35.5. The molecule has 6 heteroatoms. The third kappa shape index (κ3) is 4.86. The van der Waals surface area contributed by atoms with E-state index in [1.54, 1.807) is 18.0 Å². The van der Waals surface area contributed by atoms with E-state index in [1.807, 2.05) is 47.4 Å². The minimum atomic E-state index is -0.0365. The largest absolute Gasteiger partial charge is 0.459 e. The van der Waals surface area contributed by atoms with Gasteiger partial charge in [-0.3, -0.25) is 4.79 Å². The zero-order valence-corrected chi connectivity index (χ0v) is 17.7. The van der Waals surface area contributed by atoms with Gasteiger partial charge in [-0.05, 0) is 36.2 Å². The normalized spacial score (nSPS) is 18.4. The van der Waals surface area contributed by atoms with Gasteiger partial charge in [0.25, 0.3) is 5.91 Å². The van der Waals surface area contributed by atoms with Crippen molar-refractivity contribution in [1.29, 1.82) is 0 Å². The van der Waals surface area contributed by atoms with Gasteiger partial charge in [-0.25, -0.2) is 0 Å². The average molecular weight is 429 g/mol. The molecule has 0 radical (unpaired) electrons. The number of nitrogens with two attached hydrogens (primary N) is 1. The molecule has 3 aromatic rings. The van der Waals surface area contributed by atoms with E-state index in [1.165, 1.54) is 10.5 Å². The van der Waals surface area contributed by atoms with E-state index in [0.29, 0.717) is 31.1 Å². The zero-order valence-electron chi connectivity index (χ0n) is 16.1. The van der Waals surface area contributed by atoms with Crippen molar-refractivity contribution in [1.82, 2.24) is 4.90 Å². The summed E-state index contributed by atoms with van der Waals surface area (Å²) in [6.45, 7) is 1.91. The molecule has 29 heavy (non-hydrogen) atoms. The highest BCUT2D eigenvalue weighted by Crippen LogP contribution is 2.34. The van der Waals surface area contributed by atoms with Gasteiger partial charge in [-0.2, -0.15) is 0 Å². The van der Waals surface area contributed by atoms with E-state index in [0.717, 1.165) is 5.56 Å². The summed E-state index contributed by atoms with van der Waals surface area (Å²) in [4.78, 5) is 16.2. The fourth-order valence-electron chi connectivity index (χ4n) is 3.81. The van der Waals surface area contributed by atoms with Crippen LogP contribution in [0.3, 0.4) is 0 Å². The molecule has 0 spiro atoms. The van der Waals surface area contributed by atoms with Gasteiger partial charge >= 0.3 is 0 Å². The quantitative estimate of drug-likeness (QED) is 0.572. The lowest BCUT2D eigenvalue weighted by Crippen LogP contribution is -2.30. The molecule has 1 amide bonds. The summed E-state index contributed by atoms with van der Waals surface area (Å²) < 4.78 is 5.60. The van der Waals surface area contributed by atoms with Crippen molar-refractivity contribution in [3.05, 3.63) is 89.9 Å². The second-order valence-corrected chi connectivity index (χ2v) is 8.15. The minimum Gasteiger partial charge on any atom is -0.459 e. The Morgan fingerprint density at radius 3 is 2.41 bits per heavy atom. The minimum absolute atomic E-state index is 0. The first-order chi connectivity index (χ1) is 13.8. The molecule has 1 fully saturated rings. The first kappa shape index (κ1) is 21.5. The molecule has 1 aromatic heterocycles. The van der Waals surface area contributed by atoms with Crippen molar-refractivity contribution in [3.63, 3.8) is 0 Å². The van der Waals surface area contributed by atoms with Crippen molar-refractivity contribution < 1.29 is 9.21 Å². The lowest BCUT2D eigenvalue weighted by atomic mass is 9.89. The number of hydrogen-bond donors (Lipinski definition) is 1. The van der Waals surface area contributed by atoms with E-state index in [2.05, 4.69) is 24.3 Å². The average Bonchev–Trinajstić information content (AvgIpc) is 3.40. The number of hydrogen-bond acceptors (Lipinski definition) is 4. The number of likely N-dealkylation sites (tertiary alicyclic amines) is 1. The Morgan fingerprint density at radius 1 is 1.03 bits per heavy atom. The number of nitrogens with zero attached hydrogens (tertiary/aromatic N) is 1. The first-order valence-electron chi connectivity index (χ1n) is 9.54. The molecule has 2 atom stereocenters. The summed E-state index contributed by atoms with van der Waals surface area (Å²) >= 11 is 1.70. The molecule has 1 aliphatic rings. The molecule has 2 N–H and O–H groups in total. The molecule has 2 heterocycles. The van der Waals surface area contributed by atoms with Crippen LogP contribution in [0.15, 0.2) is 82.3 Å². The summed E-state index contributed by atoms with van der Waals surface area (Å²) in [5, 5.41) is 0. The van der Waals surface area contributed by atoms with E-state index in [9.17, 15) is 4.79 Å². The van der Waals surface area contributed by atoms with Gasteiger partial charge in [0, 0.05) is 35.2 Å². The number of rotatable bonds is 6. The fraction of sp³-hybridized carbons (Fsp3) is 0.261. The summed E-state index contributed by atoms with van der Waals surface area (Å²) in [7, 11) is 0. The molecule has 0 saturated carbocycles. The number of amides is 1. The Bertz CT molecular complexity index is 917. The maximum Gasteiger partial charge on any atom is 0.289 e. The third-order valence-corrected chi connectivity index (χ3v) is 6.40. The van der Waals surface area contributed by atoms with Gasteiger partial charge in [-0.1, -0.05) is 48.5 Å². The van der Waals surface area contributed by atoms with Crippen LogP contribution in [0.2, 0.25) is 0 Å². The molecule has 0 bridgehead atoms. The van der Waals surface area contributed by atoms with Crippen molar-refractivity contribution in [3.8, 4) is 0 Å². The van der Waals surface area contributed by atoms with E-state index < -0.39 is 0 Å². The Kier molecular flexibility index (Phi) is 7.42. The maximum atomic E-state index is 13.2. The Balaban J connectivity index is 0.00000240. The maximum absolute atomic E-state index is 13.2. The Hall–Kier alpha value is -2.21. The second-order valence-electron chi connectivity index (χ2n) is 7.10. The van der Waals surface area contributed by atoms with Crippen LogP contribution in [0.1, 0.15) is 27.6 Å². The van der Waals surface area contributed by atoms with Crippen molar-refractivity contribution in [2.24, 2.45) is 11.7 Å². The smallest absolute Gasteiger partial charge is 0.289 e. The highest BCUT2D eigenvalue weighted by molar-refractivity contribution is 7.98. The van der Waals surface area contributed by atoms with Crippen LogP contribution in [-0.4, -0.2) is 30.4 Å². The van der Waals surface area contributed by atoms with Crippen LogP contribution in [0.4, 0.5) is 0 Å². The predicted octanol–water partition coefficient (Wildman–Crippen LogP) is 4.81. The van der Waals surface area contributed by atoms with Gasteiger partial charge in [0.2, 0.25) is 0 Å². The molecule has 4 nitrogen and oxygen atoms in total. The number of carbonyl (C=O) groups excluding carboxylic acids is 1. The van der Waals surface area contributed by atoms with Gasteiger partial charge in [0.1, 0.15) is 0 Å². The SMILES string of the molecule is Cl.NC[C@@H]1CN(C(=O)c2occc2CSc2ccccc2)C[C@H]1c1ccccc1. The molecule has 0 unspecified atom stereocenters. The topological polar surface area (TPSA) is 59.5 Å². The molecular weight excluding hydrogens is 404 g/mol. The lowest BCUT2D eigenvalue weighted by molar-refractivity contribution is 0.0753. The van der Waals surface area contributed by atoms with Crippen molar-refractivity contribution in [2.75, 3.05) is 19.6 Å². The van der Waals surface area contributed by atoms with Crippen LogP contribution in [-0.2, 0) is 5.75 Å². The number of furan rings is 1. The van der Waals surface area contributed by atoms with Crippen LogP contribution in [0.25, 0.3) is 0 Å². The standard InChI is InChI=1S/C23H24N2O2S.ClH/c24-13-19-14-25(15-21(19)17-7-3-1-4-8-17)23(26)22-18(11-12-27-22)16-28-20-9-5-2-6-10-20;/h1-12,19,21H,13-16,24H2;1H/t19-,21+;/m1./s1. The number of thioether (sulfide) groups is 1. The van der Waals surface area contributed by atoms with E-state index in [-0.39, 0.29) is 30.2 Å². The van der Waals surface area contributed by atoms with Gasteiger partial charge in [0.05, 0.1) is 6.26 Å². The number of benzene rings is 2. The summed E-state index contributed by atoms with van der Waals surface area (Å²) in [6.07, 6.45) is 1.61. The number of carbonyl (C=O) groups is 1. The van der Waals surface area contributed by atoms with E-state index in [4.69, 9.17) is 10.2 Å². The van der Waals surface area contributed by atoms with E-state index >= 15 is 0 Å².